The molecule has 44 heavy (non-hydrogen) atoms. The van der Waals surface area contributed by atoms with Gasteiger partial charge in [0.05, 0.1) is 17.4 Å². The van der Waals surface area contributed by atoms with Gasteiger partial charge >= 0.3 is 0 Å². The molecule has 0 aliphatic carbocycles. The first-order chi connectivity index (χ1) is 20.7. The Morgan fingerprint density at radius 3 is 2.52 bits per heavy atom. The quantitative estimate of drug-likeness (QED) is 0.318. The van der Waals surface area contributed by atoms with Gasteiger partial charge in [0, 0.05) is 67.9 Å². The molecule has 236 valence electrons. The van der Waals surface area contributed by atoms with Crippen LogP contribution in [0, 0.1) is 5.92 Å². The van der Waals surface area contributed by atoms with Crippen LogP contribution >= 0.6 is 0 Å². The van der Waals surface area contributed by atoms with Crippen LogP contribution in [0.5, 0.6) is 0 Å². The number of ether oxygens (including phenoxy) is 1. The van der Waals surface area contributed by atoms with Crippen molar-refractivity contribution in [3.63, 3.8) is 0 Å². The highest BCUT2D eigenvalue weighted by molar-refractivity contribution is 7.90. The number of carbonyl (C=O) groups excluding carboxylic acids is 1. The summed E-state index contributed by atoms with van der Waals surface area (Å²) < 4.78 is 29.7. The van der Waals surface area contributed by atoms with Crippen LogP contribution in [-0.2, 0) is 24.9 Å². The third-order valence-electron chi connectivity index (χ3n) is 9.02. The molecule has 1 amide bonds. The fourth-order valence-electron chi connectivity index (χ4n) is 6.31. The smallest absolute Gasteiger partial charge is 0.244 e. The lowest BCUT2D eigenvalue weighted by molar-refractivity contribution is -0.118. The molecule has 2 saturated heterocycles. The van der Waals surface area contributed by atoms with Crippen LogP contribution in [0.2, 0.25) is 0 Å². The van der Waals surface area contributed by atoms with Crippen molar-refractivity contribution in [3.8, 4) is 0 Å². The van der Waals surface area contributed by atoms with Crippen LogP contribution in [0.4, 0.5) is 23.3 Å². The fourth-order valence-corrected chi connectivity index (χ4v) is 7.55. The van der Waals surface area contributed by atoms with E-state index in [1.165, 1.54) is 12.3 Å². The number of nitrogens with one attached hydrogen (secondary N) is 2. The number of carbonyl (C=O) groups is 1. The number of hydrogen-bond donors (Lipinski definition) is 2. The number of rotatable bonds is 10. The first-order valence-electron chi connectivity index (χ1n) is 14.9. The summed E-state index contributed by atoms with van der Waals surface area (Å²) in [5.74, 6) is 1.77. The van der Waals surface area contributed by atoms with Gasteiger partial charge in [0.15, 0.2) is 0 Å². The highest BCUT2D eigenvalue weighted by atomic mass is 32.2. The second-order valence-electron chi connectivity index (χ2n) is 12.9. The summed E-state index contributed by atoms with van der Waals surface area (Å²) in [5, 5.41) is 8.22. The Bertz CT molecular complexity index is 1670. The molecule has 0 spiro atoms. The summed E-state index contributed by atoms with van der Waals surface area (Å²) in [7, 11) is -1.36. The van der Waals surface area contributed by atoms with Gasteiger partial charge in [-0.05, 0) is 75.8 Å². The molecule has 2 fully saturated rings. The molecule has 1 aromatic carbocycles. The van der Waals surface area contributed by atoms with E-state index in [4.69, 9.17) is 14.7 Å². The van der Waals surface area contributed by atoms with Gasteiger partial charge in [0.25, 0.3) is 0 Å². The number of aromatic nitrogens is 3. The standard InChI is InChI=1S/C32H43N7O4S/c1-8-29(40)37-31(2,3)25-9-10-26(39-19-21(32(39,4)5)20-44(7,41)42)24-18-34-28(17-23(24)25)35-27-11-14-33-30(36-27)38-15-12-22(43-6)13-16-38/h8-11,14,17-18,21-22H,1,12-13,15-16,19-20H2,2-7H3,(H,37,40)(H,33,34,35,36)/t21-/m1/s1. The van der Waals surface area contributed by atoms with Crippen molar-refractivity contribution in [2.45, 2.75) is 57.7 Å². The Hall–Kier alpha value is -3.77. The third-order valence-corrected chi connectivity index (χ3v) is 10.0. The fraction of sp³-hybridized carbons (Fsp3) is 0.500. The van der Waals surface area contributed by atoms with Crippen molar-refractivity contribution in [1.82, 2.24) is 20.3 Å². The van der Waals surface area contributed by atoms with Gasteiger partial charge in [-0.3, -0.25) is 4.79 Å². The molecular weight excluding hydrogens is 578 g/mol. The molecule has 3 aromatic rings. The zero-order valence-corrected chi connectivity index (χ0v) is 27.2. The Kier molecular flexibility index (Phi) is 8.60. The maximum absolute atomic E-state index is 12.4. The average Bonchev–Trinajstić information content (AvgIpc) is 2.98. The molecule has 0 saturated carbocycles. The van der Waals surface area contributed by atoms with Gasteiger partial charge < -0.3 is 25.2 Å². The van der Waals surface area contributed by atoms with E-state index in [9.17, 15) is 13.2 Å². The van der Waals surface area contributed by atoms with Gasteiger partial charge in [0.2, 0.25) is 11.9 Å². The molecule has 4 heterocycles. The van der Waals surface area contributed by atoms with Crippen LogP contribution in [0.3, 0.4) is 0 Å². The second kappa shape index (κ2) is 12.0. The number of piperidine rings is 1. The van der Waals surface area contributed by atoms with Crippen molar-refractivity contribution in [2.75, 3.05) is 53.9 Å². The molecule has 0 bridgehead atoms. The molecular formula is C32H43N7O4S. The molecule has 1 atom stereocenters. The average molecular weight is 622 g/mol. The first-order valence-corrected chi connectivity index (χ1v) is 17.0. The summed E-state index contributed by atoms with van der Waals surface area (Å²) in [6.07, 6.45) is 8.25. The number of nitrogens with zero attached hydrogens (tertiary/aromatic N) is 5. The molecule has 12 heteroatoms. The number of benzene rings is 1. The van der Waals surface area contributed by atoms with Crippen LogP contribution in [0.25, 0.3) is 10.8 Å². The van der Waals surface area contributed by atoms with E-state index in [0.717, 1.165) is 48.0 Å². The minimum Gasteiger partial charge on any atom is -0.381 e. The molecule has 5 rings (SSSR count). The van der Waals surface area contributed by atoms with Gasteiger partial charge in [0.1, 0.15) is 21.5 Å². The third kappa shape index (κ3) is 6.51. The minimum atomic E-state index is -3.11. The van der Waals surface area contributed by atoms with Crippen LogP contribution in [0.15, 0.2) is 49.3 Å². The maximum atomic E-state index is 12.4. The van der Waals surface area contributed by atoms with E-state index < -0.39 is 15.4 Å². The molecule has 2 aliphatic heterocycles. The van der Waals surface area contributed by atoms with E-state index in [0.29, 0.717) is 24.1 Å². The predicted molar refractivity (Wildman–Crippen MR) is 175 cm³/mol. The minimum absolute atomic E-state index is 0.0108. The van der Waals surface area contributed by atoms with Gasteiger partial charge in [-0.2, -0.15) is 4.98 Å². The molecule has 2 aromatic heterocycles. The van der Waals surface area contributed by atoms with Crippen molar-refractivity contribution in [2.24, 2.45) is 5.92 Å². The van der Waals surface area contributed by atoms with Crippen molar-refractivity contribution >= 4 is 49.8 Å². The lowest BCUT2D eigenvalue weighted by Crippen LogP contribution is -2.66. The second-order valence-corrected chi connectivity index (χ2v) is 15.1. The van der Waals surface area contributed by atoms with E-state index in [2.05, 4.69) is 45.8 Å². The normalized spacial score (nSPS) is 19.0. The number of amides is 1. The number of pyridine rings is 1. The molecule has 2 aliphatic rings. The number of methoxy groups -OCH3 is 1. The first kappa shape index (κ1) is 31.6. The lowest BCUT2D eigenvalue weighted by Gasteiger charge is -2.57. The zero-order valence-electron chi connectivity index (χ0n) is 26.4. The number of sulfone groups is 1. The van der Waals surface area contributed by atoms with Crippen molar-refractivity contribution in [1.29, 1.82) is 0 Å². The number of fused-ring (bicyclic) bond motifs is 1. The zero-order chi connectivity index (χ0) is 31.9. The predicted octanol–water partition coefficient (Wildman–Crippen LogP) is 4.18. The van der Waals surface area contributed by atoms with E-state index >= 15 is 0 Å². The van der Waals surface area contributed by atoms with Crippen LogP contribution < -0.4 is 20.4 Å². The number of anilines is 4. The lowest BCUT2D eigenvalue weighted by atomic mass is 9.77. The molecule has 11 nitrogen and oxygen atoms in total. The summed E-state index contributed by atoms with van der Waals surface area (Å²) in [6.45, 7) is 13.9. The maximum Gasteiger partial charge on any atom is 0.244 e. The van der Waals surface area contributed by atoms with E-state index in [1.54, 1.807) is 13.3 Å². The summed E-state index contributed by atoms with van der Waals surface area (Å²) >= 11 is 0. The Morgan fingerprint density at radius 2 is 1.89 bits per heavy atom. The monoisotopic (exact) mass is 621 g/mol. The van der Waals surface area contributed by atoms with Crippen LogP contribution in [0.1, 0.15) is 46.1 Å². The Balaban J connectivity index is 1.50. The van der Waals surface area contributed by atoms with E-state index in [1.807, 2.05) is 44.3 Å². The largest absolute Gasteiger partial charge is 0.381 e. The van der Waals surface area contributed by atoms with E-state index in [-0.39, 0.29) is 29.2 Å². The summed E-state index contributed by atoms with van der Waals surface area (Å²) in [6, 6.07) is 7.85. The topological polar surface area (TPSA) is 130 Å². The summed E-state index contributed by atoms with van der Waals surface area (Å²) in [5.41, 5.74) is 0.788. The SMILES string of the molecule is C=CC(=O)NC(C)(C)c1ccc(N2C[C@H](CS(C)(=O)=O)C2(C)C)c2cnc(Nc3ccnc(N4CCC(OC)CC4)n3)cc12. The van der Waals surface area contributed by atoms with Gasteiger partial charge in [-0.25, -0.2) is 18.4 Å². The highest BCUT2D eigenvalue weighted by Crippen LogP contribution is 2.45. The Labute approximate surface area is 260 Å². The van der Waals surface area contributed by atoms with Crippen molar-refractivity contribution in [3.05, 3.63) is 54.9 Å². The number of hydrogen-bond acceptors (Lipinski definition) is 10. The summed E-state index contributed by atoms with van der Waals surface area (Å²) in [4.78, 5) is 30.8. The van der Waals surface area contributed by atoms with Gasteiger partial charge in [-0.15, -0.1) is 0 Å². The Morgan fingerprint density at radius 1 is 1.16 bits per heavy atom. The molecule has 0 unspecified atom stereocenters. The molecule has 2 N–H and O–H groups in total. The van der Waals surface area contributed by atoms with Crippen molar-refractivity contribution < 1.29 is 17.9 Å². The highest BCUT2D eigenvalue weighted by Gasteiger charge is 2.48. The van der Waals surface area contributed by atoms with Crippen LogP contribution in [-0.4, -0.2) is 79.7 Å². The molecule has 0 radical (unpaired) electrons. The van der Waals surface area contributed by atoms with Gasteiger partial charge in [-0.1, -0.05) is 12.6 Å².